The van der Waals surface area contributed by atoms with Crippen LogP contribution in [0.4, 0.5) is 20.7 Å². The summed E-state index contributed by atoms with van der Waals surface area (Å²) in [5.74, 6) is 5.06. The Balaban J connectivity index is 0.000000140. The van der Waals surface area contributed by atoms with Gasteiger partial charge in [-0.25, -0.2) is 38.7 Å². The number of hydrogen-bond acceptors (Lipinski definition) is 16. The van der Waals surface area contributed by atoms with E-state index in [2.05, 4.69) is 105 Å². The molecule has 2 aromatic carbocycles. The predicted molar refractivity (Wildman–Crippen MR) is 320 cm³/mol. The molecule has 18 nitrogen and oxygen atoms in total. The third kappa shape index (κ3) is 13.0. The first-order valence-electron chi connectivity index (χ1n) is 26.5. The minimum Gasteiger partial charge on any atom is -0.493 e. The van der Waals surface area contributed by atoms with Crippen molar-refractivity contribution in [1.29, 1.82) is 0 Å². The summed E-state index contributed by atoms with van der Waals surface area (Å²) < 4.78 is 55.9. The number of aryl methyl sites for hydroxylation is 2. The van der Waals surface area contributed by atoms with E-state index < -0.39 is 19.2 Å². The average molecular weight is 1140 g/mol. The number of ether oxygens (including phenoxy) is 2. The fourth-order valence-corrected chi connectivity index (χ4v) is 9.56. The highest BCUT2D eigenvalue weighted by molar-refractivity contribution is 9.10. The van der Waals surface area contributed by atoms with Gasteiger partial charge in [0.1, 0.15) is 47.4 Å². The van der Waals surface area contributed by atoms with Gasteiger partial charge in [-0.15, -0.1) is 20.4 Å². The minimum atomic E-state index is -0.630. The molecule has 81 heavy (non-hydrogen) atoms. The Bertz CT molecular complexity index is 3540. The number of anilines is 2. The van der Waals surface area contributed by atoms with Crippen LogP contribution in [0.5, 0.6) is 11.5 Å². The molecule has 13 rings (SSSR count). The third-order valence-electron chi connectivity index (χ3n) is 15.0. The molecule has 5 aliphatic rings. The van der Waals surface area contributed by atoms with Crippen LogP contribution in [0.2, 0.25) is 0 Å². The van der Waals surface area contributed by atoms with Crippen LogP contribution in [0, 0.1) is 25.5 Å². The van der Waals surface area contributed by atoms with E-state index in [0.29, 0.717) is 72.3 Å². The summed E-state index contributed by atoms with van der Waals surface area (Å²) in [6.45, 7) is 14.0. The molecule has 3 fully saturated rings. The molecular formula is C51H56B9BrF2N14O4. The maximum atomic E-state index is 14.5. The Labute approximate surface area is 486 Å². The van der Waals surface area contributed by atoms with E-state index >= 15 is 0 Å². The summed E-state index contributed by atoms with van der Waals surface area (Å²) in [6.07, 6.45) is 14.7. The molecule has 1 saturated heterocycles. The van der Waals surface area contributed by atoms with Gasteiger partial charge in [0.15, 0.2) is 11.3 Å². The van der Waals surface area contributed by atoms with Gasteiger partial charge < -0.3 is 29.4 Å². The molecule has 402 valence electrons. The SMILES string of the molecule is C.Cc1nc(C2CC2)ncc1-c1cnc(NCc2c(F)ccc3c2CCO3)n2cnnc12.Cc1nc(C2CC2)ncc1B1OC(C)(C)C(C)(C)O1.Fc1ccc2c(c1CNc1ncc(Br)c3nncn13)CCO2.[B]B([B])B([B])B([B])[B]. The summed E-state index contributed by atoms with van der Waals surface area (Å²) in [5.41, 5.74) is 8.20. The van der Waals surface area contributed by atoms with Crippen LogP contribution in [-0.2, 0) is 35.2 Å². The largest absolute Gasteiger partial charge is 0.498 e. The molecule has 6 aromatic heterocycles. The van der Waals surface area contributed by atoms with Crippen molar-refractivity contribution in [2.45, 2.75) is 124 Å². The number of benzene rings is 2. The molecule has 0 unspecified atom stereocenters. The second kappa shape index (κ2) is 24.7. The number of halogens is 3. The normalized spacial score (nSPS) is 16.0. The highest BCUT2D eigenvalue weighted by Gasteiger charge is 2.52. The van der Waals surface area contributed by atoms with Crippen LogP contribution in [0.1, 0.15) is 118 Å². The molecule has 0 spiro atoms. The van der Waals surface area contributed by atoms with Crippen LogP contribution in [0.15, 0.2) is 66.2 Å². The molecule has 2 aliphatic carbocycles. The monoisotopic (exact) mass is 1140 g/mol. The molecule has 30 heteroatoms. The molecule has 8 aromatic rings. The lowest BCUT2D eigenvalue weighted by molar-refractivity contribution is 0.00578. The Morgan fingerprint density at radius 3 is 1.60 bits per heavy atom. The van der Waals surface area contributed by atoms with E-state index in [0.717, 1.165) is 86.0 Å². The lowest BCUT2D eigenvalue weighted by Crippen LogP contribution is -2.52. The third-order valence-corrected chi connectivity index (χ3v) is 15.5. The summed E-state index contributed by atoms with van der Waals surface area (Å²) in [5, 5.41) is 22.6. The van der Waals surface area contributed by atoms with Crippen LogP contribution in [-0.4, -0.2) is 148 Å². The smallest absolute Gasteiger partial charge is 0.493 e. The predicted octanol–water partition coefficient (Wildman–Crippen LogP) is 5.58. The first-order chi connectivity index (χ1) is 38.3. The lowest BCUT2D eigenvalue weighted by Gasteiger charge is -2.32. The topological polar surface area (TPSA) is 199 Å². The molecule has 2 N–H and O–H groups in total. The van der Waals surface area contributed by atoms with Crippen molar-refractivity contribution in [3.63, 3.8) is 0 Å². The summed E-state index contributed by atoms with van der Waals surface area (Å²) in [4.78, 5) is 27.2. The Morgan fingerprint density at radius 1 is 0.654 bits per heavy atom. The van der Waals surface area contributed by atoms with Crippen molar-refractivity contribution in [1.82, 2.24) is 59.1 Å². The van der Waals surface area contributed by atoms with Gasteiger partial charge in [-0.3, -0.25) is 8.80 Å². The maximum absolute atomic E-state index is 14.5. The Morgan fingerprint density at radius 2 is 1.12 bits per heavy atom. The number of fused-ring (bicyclic) bond motifs is 4. The molecule has 0 bridgehead atoms. The van der Waals surface area contributed by atoms with E-state index in [4.69, 9.17) is 57.5 Å². The fourth-order valence-electron chi connectivity index (χ4n) is 9.19. The van der Waals surface area contributed by atoms with E-state index in [1.807, 2.05) is 26.2 Å². The Kier molecular flexibility index (Phi) is 18.1. The highest BCUT2D eigenvalue weighted by Crippen LogP contribution is 2.41. The molecule has 3 aliphatic heterocycles. The number of hydrogen-bond donors (Lipinski definition) is 2. The first kappa shape index (κ1) is 59.4. The van der Waals surface area contributed by atoms with Gasteiger partial charge in [0, 0.05) is 171 Å². The van der Waals surface area contributed by atoms with Crippen molar-refractivity contribution >= 4 is 110 Å². The average Bonchev–Trinajstić information content (AvgIpc) is 4.30. The lowest BCUT2D eigenvalue weighted by atomic mass is 8.68. The Hall–Kier alpha value is -6.26. The number of aromatic nitrogens is 12. The zero-order valence-electron chi connectivity index (χ0n) is 45.3. The van der Waals surface area contributed by atoms with E-state index in [9.17, 15) is 8.78 Å². The highest BCUT2D eigenvalue weighted by atomic mass is 79.9. The second-order valence-electron chi connectivity index (χ2n) is 21.2. The van der Waals surface area contributed by atoms with Crippen LogP contribution in [0.3, 0.4) is 0 Å². The van der Waals surface area contributed by atoms with Crippen LogP contribution >= 0.6 is 15.9 Å². The van der Waals surface area contributed by atoms with E-state index in [-0.39, 0.29) is 43.9 Å². The van der Waals surface area contributed by atoms with Crippen molar-refractivity contribution in [2.75, 3.05) is 23.8 Å². The van der Waals surface area contributed by atoms with Crippen LogP contribution in [0.25, 0.3) is 22.4 Å². The standard InChI is InChI=1S/C22H20FN7O.C14H21BN2O2.C14H11BrFN5O.CH4.B8/c1-12-15(8-24-20(28-12)13-2-3-13)17-10-26-22(30-11-27-29-21(17)30)25-9-16-14-6-7-31-19(14)5-4-18(16)23;1-9-11(8-16-12(17-9)10-6-7-10)15-18-13(2,3)14(4,5)19-15;15-10-6-18-14(21-7-19-20-13(10)21)17-5-9-8-3-4-22-12(8)2-1-11(9)16;;1-6(2)8(5)7(3)4/h4-5,8,10-11,13H,2-3,6-7,9H2,1H3,(H,25,26);8,10H,6-7H2,1-5H3;1-2,6-7H,3-5H2,(H,17,18);1H4;. The minimum absolute atomic E-state index is 0. The van der Waals surface area contributed by atoms with Crippen molar-refractivity contribution in [3.05, 3.63) is 123 Å². The van der Waals surface area contributed by atoms with E-state index in [1.54, 1.807) is 46.0 Å². The maximum Gasteiger partial charge on any atom is 0.498 e. The van der Waals surface area contributed by atoms with Gasteiger partial charge in [-0.2, -0.15) is 0 Å². The number of nitrogens with one attached hydrogen (secondary N) is 2. The van der Waals surface area contributed by atoms with Crippen molar-refractivity contribution < 1.29 is 27.6 Å². The zero-order valence-corrected chi connectivity index (χ0v) is 46.9. The summed E-state index contributed by atoms with van der Waals surface area (Å²) in [7, 11) is 25.4. The zero-order chi connectivity index (χ0) is 56.6. The summed E-state index contributed by atoms with van der Waals surface area (Å²) in [6, 6.07) is 6.24. The molecule has 0 amide bonds. The first-order valence-corrected chi connectivity index (χ1v) is 27.3. The van der Waals surface area contributed by atoms with Crippen LogP contribution < -0.4 is 25.6 Å². The van der Waals surface area contributed by atoms with E-state index in [1.165, 1.54) is 25.0 Å². The van der Waals surface area contributed by atoms with Gasteiger partial charge in [-0.05, 0) is 107 Å². The van der Waals surface area contributed by atoms with Gasteiger partial charge in [0.05, 0.1) is 28.9 Å². The van der Waals surface area contributed by atoms with Crippen molar-refractivity contribution in [3.8, 4) is 22.6 Å². The molecule has 0 atom stereocenters. The molecular weight excluding hydrogens is 1090 g/mol. The summed E-state index contributed by atoms with van der Waals surface area (Å²) >= 11 is 3.37. The van der Waals surface area contributed by atoms with Gasteiger partial charge >= 0.3 is 7.12 Å². The molecule has 10 radical (unpaired) electrons. The van der Waals surface area contributed by atoms with Gasteiger partial charge in [0.2, 0.25) is 11.9 Å². The number of rotatable bonds is 12. The molecule has 9 heterocycles. The van der Waals surface area contributed by atoms with Gasteiger partial charge in [0.25, 0.3) is 0 Å². The molecule has 2 saturated carbocycles. The number of nitrogens with zero attached hydrogens (tertiary/aromatic N) is 12. The fraction of sp³-hybridized carbons (Fsp3) is 0.412. The van der Waals surface area contributed by atoms with Crippen molar-refractivity contribution in [2.24, 2.45) is 0 Å². The van der Waals surface area contributed by atoms with Gasteiger partial charge in [-0.1, -0.05) is 7.43 Å². The quantitative estimate of drug-likeness (QED) is 0.144. The second-order valence-corrected chi connectivity index (χ2v) is 22.1.